The smallest absolute Gasteiger partial charge is 0.467 e. The van der Waals surface area contributed by atoms with Crippen LogP contribution in [0.1, 0.15) is 69.4 Å². The number of aryl methyl sites for hydroxylation is 1. The topological polar surface area (TPSA) is 98.8 Å². The van der Waals surface area contributed by atoms with Crippen LogP contribution in [-0.4, -0.2) is 27.4 Å². The molecule has 0 aromatic heterocycles. The van der Waals surface area contributed by atoms with Crippen LogP contribution in [0.15, 0.2) is 84.4 Å². The summed E-state index contributed by atoms with van der Waals surface area (Å²) in [6.45, 7) is 5.01. The van der Waals surface area contributed by atoms with Crippen molar-refractivity contribution in [1.82, 2.24) is 0 Å². The predicted molar refractivity (Wildman–Crippen MR) is 175 cm³/mol. The van der Waals surface area contributed by atoms with Gasteiger partial charge in [-0.3, -0.25) is 9.05 Å². The molecule has 0 fully saturated rings. The van der Waals surface area contributed by atoms with Crippen LogP contribution in [0.5, 0.6) is 23.0 Å². The Morgan fingerprint density at radius 2 is 1.42 bits per heavy atom. The third-order valence-electron chi connectivity index (χ3n) is 7.30. The molecule has 3 aromatic rings. The first kappa shape index (κ1) is 34.8. The van der Waals surface area contributed by atoms with Gasteiger partial charge in [-0.1, -0.05) is 67.8 Å². The van der Waals surface area contributed by atoms with Crippen molar-refractivity contribution in [3.05, 3.63) is 95.6 Å². The van der Waals surface area contributed by atoms with Gasteiger partial charge in [0.1, 0.15) is 23.0 Å². The van der Waals surface area contributed by atoms with Gasteiger partial charge in [-0.05, 0) is 81.0 Å². The average molecular weight is 659 g/mol. The number of phosphoric ester groups is 1. The molecule has 0 spiro atoms. The number of allylic oxidation sites excluding steroid dienone is 2. The highest BCUT2D eigenvalue weighted by molar-refractivity contribution is 7.53. The number of ether oxygens (including phenoxy) is 2. The van der Waals surface area contributed by atoms with Crippen molar-refractivity contribution in [2.75, 3.05) is 27.4 Å². The van der Waals surface area contributed by atoms with Crippen LogP contribution in [0.25, 0.3) is 0 Å². The molecule has 0 radical (unpaired) electrons. The second kappa shape index (κ2) is 17.0. The fraction of sp³-hybridized carbons (Fsp3) is 0.412. The highest BCUT2D eigenvalue weighted by Gasteiger charge is 2.29. The normalized spacial score (nSPS) is 17.4. The lowest BCUT2D eigenvalue weighted by Gasteiger charge is -2.26. The lowest BCUT2D eigenvalue weighted by molar-refractivity contribution is 0.0762. The summed E-state index contributed by atoms with van der Waals surface area (Å²) in [5.41, 5.74) is 3.09. The fourth-order valence-corrected chi connectivity index (χ4v) is 6.68. The molecule has 45 heavy (non-hydrogen) atoms. The van der Waals surface area contributed by atoms with E-state index in [-0.39, 0.29) is 19.5 Å². The van der Waals surface area contributed by atoms with E-state index in [2.05, 4.69) is 19.9 Å². The molecule has 3 unspecified atom stereocenters. The summed E-state index contributed by atoms with van der Waals surface area (Å²) >= 11 is 0. The zero-order valence-electron chi connectivity index (χ0n) is 26.5. The van der Waals surface area contributed by atoms with Crippen molar-refractivity contribution < 1.29 is 41.2 Å². The highest BCUT2D eigenvalue weighted by atomic mass is 31.2. The molecule has 11 heteroatoms. The van der Waals surface area contributed by atoms with Crippen LogP contribution >= 0.6 is 15.4 Å². The third-order valence-corrected chi connectivity index (χ3v) is 9.72. The molecule has 0 amide bonds. The predicted octanol–water partition coefficient (Wildman–Crippen LogP) is 10.1. The van der Waals surface area contributed by atoms with E-state index in [4.69, 9.17) is 32.1 Å². The van der Waals surface area contributed by atoms with Gasteiger partial charge in [-0.25, -0.2) is 13.7 Å². The van der Waals surface area contributed by atoms with Gasteiger partial charge in [0.2, 0.25) is 6.79 Å². The van der Waals surface area contributed by atoms with Crippen molar-refractivity contribution >= 4 is 15.4 Å². The molecule has 0 aliphatic heterocycles. The molecule has 9 nitrogen and oxygen atoms in total. The fourth-order valence-electron chi connectivity index (χ4n) is 5.09. The maximum Gasteiger partial charge on any atom is 0.532 e. The largest absolute Gasteiger partial charge is 0.532 e. The Morgan fingerprint density at radius 1 is 0.822 bits per heavy atom. The van der Waals surface area contributed by atoms with Gasteiger partial charge >= 0.3 is 15.4 Å². The van der Waals surface area contributed by atoms with Crippen LogP contribution in [0.4, 0.5) is 0 Å². The van der Waals surface area contributed by atoms with Crippen molar-refractivity contribution in [1.29, 1.82) is 0 Å². The molecule has 0 heterocycles. The van der Waals surface area contributed by atoms with Crippen LogP contribution < -0.4 is 18.5 Å². The Bertz CT molecular complexity index is 1480. The Balaban J connectivity index is 1.58. The summed E-state index contributed by atoms with van der Waals surface area (Å²) < 4.78 is 66.1. The number of benzene rings is 3. The van der Waals surface area contributed by atoms with Gasteiger partial charge in [0, 0.05) is 18.6 Å². The molecular weight excluding hydrogens is 614 g/mol. The van der Waals surface area contributed by atoms with Gasteiger partial charge in [0.25, 0.3) is 0 Å². The quantitative estimate of drug-likeness (QED) is 0.0572. The van der Waals surface area contributed by atoms with Crippen LogP contribution in [0.3, 0.4) is 0 Å². The monoisotopic (exact) mass is 658 g/mol. The minimum absolute atomic E-state index is 0.00256. The second-order valence-electron chi connectivity index (χ2n) is 11.0. The summed E-state index contributed by atoms with van der Waals surface area (Å²) in [5, 5.41) is 0. The number of para-hydroxylation sites is 2. The first-order valence-electron chi connectivity index (χ1n) is 15.3. The first-order valence-corrected chi connectivity index (χ1v) is 18.8. The van der Waals surface area contributed by atoms with Crippen molar-refractivity contribution in [3.8, 4) is 23.0 Å². The zero-order valence-corrected chi connectivity index (χ0v) is 28.3. The third kappa shape index (κ3) is 11.1. The summed E-state index contributed by atoms with van der Waals surface area (Å²) in [5.74, 6) is 1.90. The van der Waals surface area contributed by atoms with Gasteiger partial charge in [0.05, 0.1) is 6.66 Å². The molecule has 1 aliphatic rings. The Labute approximate surface area is 266 Å². The maximum atomic E-state index is 13.2. The molecule has 3 aromatic carbocycles. The first-order chi connectivity index (χ1) is 21.7. The van der Waals surface area contributed by atoms with Crippen LogP contribution in [0.2, 0.25) is 0 Å². The van der Waals surface area contributed by atoms with Gasteiger partial charge in [0.15, 0.2) is 6.79 Å². The Morgan fingerprint density at radius 3 is 2.00 bits per heavy atom. The van der Waals surface area contributed by atoms with Crippen LogP contribution in [0, 0.1) is 0 Å². The molecule has 0 saturated carbocycles. The molecule has 1 aliphatic carbocycles. The van der Waals surface area contributed by atoms with Crippen LogP contribution in [-0.2, 0) is 29.1 Å². The van der Waals surface area contributed by atoms with Gasteiger partial charge in [-0.15, -0.1) is 0 Å². The SMILES string of the molecule is CCCCCc1cc(OCOP(C)(=O)Oc2ccccc2)c(C2C=C(C)CCC2)c(OCOP(=O)(OC)Oc2ccccc2)c1. The maximum absolute atomic E-state index is 13.2. The number of unbranched alkanes of at least 4 members (excludes halogenated alkanes) is 2. The Hall–Kier alpha value is -3.06. The lowest BCUT2D eigenvalue weighted by atomic mass is 9.84. The zero-order chi connectivity index (χ0) is 32.1. The number of hydrogen-bond acceptors (Lipinski definition) is 9. The summed E-state index contributed by atoms with van der Waals surface area (Å²) in [6, 6.07) is 21.5. The van der Waals surface area contributed by atoms with Crippen molar-refractivity contribution in [2.45, 2.75) is 64.7 Å². The highest BCUT2D eigenvalue weighted by Crippen LogP contribution is 2.49. The van der Waals surface area contributed by atoms with E-state index in [1.807, 2.05) is 24.3 Å². The second-order valence-corrected chi connectivity index (χ2v) is 14.7. The summed E-state index contributed by atoms with van der Waals surface area (Å²) in [6.07, 6.45) is 9.09. The number of phosphoric acid groups is 1. The Kier molecular flexibility index (Phi) is 13.2. The average Bonchev–Trinajstić information content (AvgIpc) is 3.02. The molecule has 0 bridgehead atoms. The summed E-state index contributed by atoms with van der Waals surface area (Å²) in [7, 11) is -6.17. The van der Waals surface area contributed by atoms with Crippen molar-refractivity contribution in [3.63, 3.8) is 0 Å². The standard InChI is InChI=1S/C34H44O9P2/c1-5-6-9-16-28-23-32(38-25-40-44(4,35)42-30-18-10-7-11-19-30)34(29-17-14-15-27(2)22-29)33(24-28)39-26-41-45(36,37-3)43-31-20-12-8-13-21-31/h7-8,10-13,18-24,29H,5-6,9,14-17,25-26H2,1-4H3. The minimum Gasteiger partial charge on any atom is -0.467 e. The minimum atomic E-state index is -3.96. The molecular formula is C34H44O9P2. The van der Waals surface area contributed by atoms with E-state index in [1.165, 1.54) is 19.3 Å². The molecule has 3 atom stereocenters. The number of hydrogen-bond donors (Lipinski definition) is 0. The van der Waals surface area contributed by atoms with E-state index in [1.54, 1.807) is 48.5 Å². The van der Waals surface area contributed by atoms with E-state index in [0.29, 0.717) is 23.0 Å². The molecule has 4 rings (SSSR count). The number of rotatable bonds is 18. The van der Waals surface area contributed by atoms with E-state index < -0.39 is 15.4 Å². The van der Waals surface area contributed by atoms with Gasteiger partial charge < -0.3 is 18.5 Å². The van der Waals surface area contributed by atoms with Gasteiger partial charge in [-0.2, -0.15) is 0 Å². The van der Waals surface area contributed by atoms with E-state index >= 15 is 0 Å². The van der Waals surface area contributed by atoms with E-state index in [0.717, 1.165) is 56.1 Å². The molecule has 244 valence electrons. The lowest BCUT2D eigenvalue weighted by Crippen LogP contribution is -2.13. The molecule has 0 N–H and O–H groups in total. The van der Waals surface area contributed by atoms with E-state index in [9.17, 15) is 9.13 Å². The van der Waals surface area contributed by atoms with Crippen molar-refractivity contribution in [2.24, 2.45) is 0 Å². The molecule has 0 saturated heterocycles. The summed E-state index contributed by atoms with van der Waals surface area (Å²) in [4.78, 5) is 0.